The number of nitrogens with two attached hydrogens (primary N) is 1. The molecule has 5 nitrogen and oxygen atoms in total. The third kappa shape index (κ3) is 6.18. The molecule has 4 N–H and O–H groups in total. The Bertz CT molecular complexity index is 476. The standard InChI is InChI=1S/C15H22N2O3S/c1-10(9-14(18)19)11-3-5-12(6-4-11)17-15(20)13(16)7-8-21-2/h3-6,10,13H,7-9,16H2,1-2H3,(H,17,20)(H,18,19)/t10?,13-/m1/s1. The zero-order valence-electron chi connectivity index (χ0n) is 12.3. The van der Waals surface area contributed by atoms with Crippen LogP contribution in [-0.2, 0) is 9.59 Å². The maximum Gasteiger partial charge on any atom is 0.303 e. The molecule has 1 aromatic rings. The molecule has 1 unspecified atom stereocenters. The number of rotatable bonds is 8. The van der Waals surface area contributed by atoms with Crippen LogP contribution in [0.3, 0.4) is 0 Å². The maximum atomic E-state index is 11.9. The maximum absolute atomic E-state index is 11.9. The molecule has 1 rings (SSSR count). The largest absolute Gasteiger partial charge is 0.481 e. The fraction of sp³-hybridized carbons (Fsp3) is 0.467. The summed E-state index contributed by atoms with van der Waals surface area (Å²) in [5.74, 6) is -0.230. The lowest BCUT2D eigenvalue weighted by molar-refractivity contribution is -0.137. The normalized spacial score (nSPS) is 13.5. The first-order chi connectivity index (χ1) is 9.93. The zero-order valence-corrected chi connectivity index (χ0v) is 13.2. The van der Waals surface area contributed by atoms with Crippen molar-refractivity contribution < 1.29 is 14.7 Å². The Kier molecular flexibility index (Phi) is 7.25. The van der Waals surface area contributed by atoms with Gasteiger partial charge in [-0.25, -0.2) is 0 Å². The second-order valence-electron chi connectivity index (χ2n) is 5.00. The third-order valence-electron chi connectivity index (χ3n) is 3.20. The number of thioether (sulfide) groups is 1. The average molecular weight is 310 g/mol. The van der Waals surface area contributed by atoms with Gasteiger partial charge >= 0.3 is 5.97 Å². The molecule has 0 bridgehead atoms. The van der Waals surface area contributed by atoms with Gasteiger partial charge in [-0.2, -0.15) is 11.8 Å². The Morgan fingerprint density at radius 1 is 1.33 bits per heavy atom. The van der Waals surface area contributed by atoms with E-state index in [4.69, 9.17) is 10.8 Å². The molecule has 0 aliphatic rings. The Labute approximate surface area is 129 Å². The Morgan fingerprint density at radius 2 is 1.95 bits per heavy atom. The fourth-order valence-electron chi connectivity index (χ4n) is 1.89. The summed E-state index contributed by atoms with van der Waals surface area (Å²) in [7, 11) is 0. The van der Waals surface area contributed by atoms with Crippen molar-refractivity contribution in [1.29, 1.82) is 0 Å². The molecule has 0 saturated heterocycles. The van der Waals surface area contributed by atoms with Crippen molar-refractivity contribution in [1.82, 2.24) is 0 Å². The molecule has 21 heavy (non-hydrogen) atoms. The molecule has 1 aromatic carbocycles. The molecule has 0 saturated carbocycles. The Morgan fingerprint density at radius 3 is 2.48 bits per heavy atom. The summed E-state index contributed by atoms with van der Waals surface area (Å²) in [5, 5.41) is 11.5. The van der Waals surface area contributed by atoms with E-state index in [9.17, 15) is 9.59 Å². The molecule has 0 radical (unpaired) electrons. The average Bonchev–Trinajstić information content (AvgIpc) is 2.44. The molecule has 2 atom stereocenters. The minimum atomic E-state index is -0.820. The predicted octanol–water partition coefficient (Wildman–Crippen LogP) is 2.28. The molecule has 0 heterocycles. The van der Waals surface area contributed by atoms with E-state index in [1.54, 1.807) is 23.9 Å². The van der Waals surface area contributed by atoms with Gasteiger partial charge in [-0.15, -0.1) is 0 Å². The van der Waals surface area contributed by atoms with Crippen LogP contribution in [0.4, 0.5) is 5.69 Å². The molecule has 6 heteroatoms. The van der Waals surface area contributed by atoms with Gasteiger partial charge in [0.25, 0.3) is 0 Å². The summed E-state index contributed by atoms with van der Waals surface area (Å²) in [4.78, 5) is 22.5. The van der Waals surface area contributed by atoms with Crippen molar-refractivity contribution in [3.05, 3.63) is 29.8 Å². The quantitative estimate of drug-likeness (QED) is 0.685. The molecular formula is C15H22N2O3S. The summed E-state index contributed by atoms with van der Waals surface area (Å²) in [6.07, 6.45) is 2.70. The number of carbonyl (C=O) groups excluding carboxylic acids is 1. The number of carboxylic acids is 1. The van der Waals surface area contributed by atoms with Gasteiger partial charge in [-0.3, -0.25) is 9.59 Å². The first kappa shape index (κ1) is 17.5. The second-order valence-corrected chi connectivity index (χ2v) is 5.98. The van der Waals surface area contributed by atoms with Gasteiger partial charge < -0.3 is 16.2 Å². The number of carbonyl (C=O) groups is 2. The van der Waals surface area contributed by atoms with Gasteiger partial charge in [0.05, 0.1) is 12.5 Å². The van der Waals surface area contributed by atoms with E-state index in [0.29, 0.717) is 12.1 Å². The fourth-order valence-corrected chi connectivity index (χ4v) is 2.38. The van der Waals surface area contributed by atoms with Crippen LogP contribution in [0, 0.1) is 0 Å². The van der Waals surface area contributed by atoms with Gasteiger partial charge in [0.2, 0.25) is 5.91 Å². The van der Waals surface area contributed by atoms with Gasteiger partial charge in [-0.05, 0) is 42.0 Å². The lowest BCUT2D eigenvalue weighted by Gasteiger charge is -2.13. The lowest BCUT2D eigenvalue weighted by atomic mass is 9.98. The molecule has 0 aromatic heterocycles. The van der Waals surface area contributed by atoms with Crippen molar-refractivity contribution in [2.24, 2.45) is 5.73 Å². The van der Waals surface area contributed by atoms with Crippen LogP contribution < -0.4 is 11.1 Å². The van der Waals surface area contributed by atoms with Crippen LogP contribution in [0.5, 0.6) is 0 Å². The SMILES string of the molecule is CSCC[C@@H](N)C(=O)Nc1ccc(C(C)CC(=O)O)cc1. The smallest absolute Gasteiger partial charge is 0.303 e. The summed E-state index contributed by atoms with van der Waals surface area (Å²) < 4.78 is 0. The van der Waals surface area contributed by atoms with E-state index in [1.807, 2.05) is 25.3 Å². The van der Waals surface area contributed by atoms with Crippen molar-refractivity contribution in [3.8, 4) is 0 Å². The predicted molar refractivity (Wildman–Crippen MR) is 86.7 cm³/mol. The highest BCUT2D eigenvalue weighted by Crippen LogP contribution is 2.21. The van der Waals surface area contributed by atoms with Crippen LogP contribution in [0.1, 0.15) is 31.2 Å². The lowest BCUT2D eigenvalue weighted by Crippen LogP contribution is -2.36. The first-order valence-electron chi connectivity index (χ1n) is 6.81. The van der Waals surface area contributed by atoms with Crippen LogP contribution in [-0.4, -0.2) is 35.0 Å². The van der Waals surface area contributed by atoms with Crippen LogP contribution in [0.15, 0.2) is 24.3 Å². The number of carboxylic acid groups (broad SMARTS) is 1. The first-order valence-corrected chi connectivity index (χ1v) is 8.20. The van der Waals surface area contributed by atoms with Crippen LogP contribution >= 0.6 is 11.8 Å². The van der Waals surface area contributed by atoms with E-state index in [2.05, 4.69) is 5.32 Å². The number of hydrogen-bond acceptors (Lipinski definition) is 4. The monoisotopic (exact) mass is 310 g/mol. The van der Waals surface area contributed by atoms with Crippen molar-refractivity contribution >= 4 is 29.3 Å². The Hall–Kier alpha value is -1.53. The van der Waals surface area contributed by atoms with E-state index in [-0.39, 0.29) is 18.2 Å². The Balaban J connectivity index is 2.58. The number of amides is 1. The molecule has 0 aliphatic heterocycles. The number of benzene rings is 1. The van der Waals surface area contributed by atoms with E-state index < -0.39 is 12.0 Å². The summed E-state index contributed by atoms with van der Waals surface area (Å²) in [6.45, 7) is 1.86. The third-order valence-corrected chi connectivity index (χ3v) is 3.84. The van der Waals surface area contributed by atoms with Crippen molar-refractivity contribution in [2.45, 2.75) is 31.7 Å². The zero-order chi connectivity index (χ0) is 15.8. The number of aliphatic carboxylic acids is 1. The summed E-state index contributed by atoms with van der Waals surface area (Å²) in [6, 6.07) is 6.69. The van der Waals surface area contributed by atoms with E-state index in [0.717, 1.165) is 11.3 Å². The number of hydrogen-bond donors (Lipinski definition) is 3. The second kappa shape index (κ2) is 8.69. The van der Waals surface area contributed by atoms with Crippen molar-refractivity contribution in [2.75, 3.05) is 17.3 Å². The van der Waals surface area contributed by atoms with Gasteiger partial charge in [0.1, 0.15) is 0 Å². The molecule has 116 valence electrons. The number of nitrogens with one attached hydrogen (secondary N) is 1. The van der Waals surface area contributed by atoms with E-state index >= 15 is 0 Å². The van der Waals surface area contributed by atoms with Crippen LogP contribution in [0.25, 0.3) is 0 Å². The summed E-state index contributed by atoms with van der Waals surface area (Å²) >= 11 is 1.66. The van der Waals surface area contributed by atoms with Gasteiger partial charge in [0, 0.05) is 5.69 Å². The molecule has 0 aliphatic carbocycles. The topological polar surface area (TPSA) is 92.4 Å². The van der Waals surface area contributed by atoms with Gasteiger partial charge in [-0.1, -0.05) is 19.1 Å². The minimum absolute atomic E-state index is 0.0592. The van der Waals surface area contributed by atoms with Crippen LogP contribution in [0.2, 0.25) is 0 Å². The van der Waals surface area contributed by atoms with E-state index in [1.165, 1.54) is 0 Å². The highest BCUT2D eigenvalue weighted by atomic mass is 32.2. The number of anilines is 1. The summed E-state index contributed by atoms with van der Waals surface area (Å²) in [5.41, 5.74) is 7.40. The van der Waals surface area contributed by atoms with Crippen molar-refractivity contribution in [3.63, 3.8) is 0 Å². The van der Waals surface area contributed by atoms with Gasteiger partial charge in [0.15, 0.2) is 0 Å². The molecular weight excluding hydrogens is 288 g/mol. The minimum Gasteiger partial charge on any atom is -0.481 e. The molecule has 1 amide bonds. The highest BCUT2D eigenvalue weighted by molar-refractivity contribution is 7.98. The highest BCUT2D eigenvalue weighted by Gasteiger charge is 2.14. The molecule has 0 spiro atoms. The molecule has 0 fully saturated rings.